The minimum Gasteiger partial charge on any atom is -0.497 e. The number of hydrogen-bond acceptors (Lipinski definition) is 7. The van der Waals surface area contributed by atoms with Gasteiger partial charge in [0, 0.05) is 27.5 Å². The molecule has 5 aromatic carbocycles. The number of hydrogen-bond donors (Lipinski definition) is 0. The molecule has 7 nitrogen and oxygen atoms in total. The molecule has 2 aliphatic rings. The van der Waals surface area contributed by atoms with Gasteiger partial charge in [0.2, 0.25) is 0 Å². The third kappa shape index (κ3) is 8.23. The Morgan fingerprint density at radius 2 is 1.21 bits per heavy atom. The summed E-state index contributed by atoms with van der Waals surface area (Å²) in [5, 5.41) is 2.28. The fourth-order valence-corrected chi connectivity index (χ4v) is 11.2. The summed E-state index contributed by atoms with van der Waals surface area (Å²) in [6.45, 7) is 25.1. The number of rotatable bonds is 11. The molecule has 0 radical (unpaired) electrons. The maximum absolute atomic E-state index is 7.49. The van der Waals surface area contributed by atoms with E-state index in [1.807, 2.05) is 86.6 Å². The number of benzene rings is 5. The van der Waals surface area contributed by atoms with Gasteiger partial charge in [-0.05, 0) is 127 Å². The van der Waals surface area contributed by atoms with Crippen LogP contribution in [0.3, 0.4) is 0 Å². The predicted molar refractivity (Wildman–Crippen MR) is 236 cm³/mol. The first-order valence-corrected chi connectivity index (χ1v) is 22.0. The highest BCUT2D eigenvalue weighted by atomic mass is 28.4. The molecule has 0 bridgehead atoms. The monoisotopic (exact) mass is 800 g/mol. The summed E-state index contributed by atoms with van der Waals surface area (Å²) in [5.41, 5.74) is 6.75. The van der Waals surface area contributed by atoms with E-state index in [9.17, 15) is 0 Å². The lowest BCUT2D eigenvalue weighted by Gasteiger charge is -2.41. The van der Waals surface area contributed by atoms with Crippen LogP contribution in [0, 0.1) is 6.92 Å². The van der Waals surface area contributed by atoms with Gasteiger partial charge < -0.3 is 31.9 Å². The number of methoxy groups -OCH3 is 1. The van der Waals surface area contributed by atoms with Crippen molar-refractivity contribution in [2.45, 2.75) is 111 Å². The SMILES string of the molecule is COc1ccc(C2(c3ccc(OCCO[Si](OC(C)(C)C)(OC(C)(C)C)OC(C)(C)C)cc3)C=Cc3c4c(c5ccccc5c3O2)-c2ccc(C)cc2C4(C)C)cc1. The van der Waals surface area contributed by atoms with Crippen molar-refractivity contribution in [2.24, 2.45) is 0 Å². The molecular weight excluding hydrogens is 741 g/mol. The van der Waals surface area contributed by atoms with Crippen LogP contribution in [0.1, 0.15) is 110 Å². The van der Waals surface area contributed by atoms with Crippen LogP contribution in [0.25, 0.3) is 28.0 Å². The van der Waals surface area contributed by atoms with Gasteiger partial charge in [0.05, 0.1) is 30.5 Å². The highest BCUT2D eigenvalue weighted by molar-refractivity contribution is 6.54. The highest BCUT2D eigenvalue weighted by Crippen LogP contribution is 2.58. The predicted octanol–water partition coefficient (Wildman–Crippen LogP) is 12.1. The molecule has 1 heterocycles. The third-order valence-electron chi connectivity index (χ3n) is 10.4. The van der Waals surface area contributed by atoms with E-state index >= 15 is 0 Å². The van der Waals surface area contributed by atoms with Crippen molar-refractivity contribution in [3.8, 4) is 28.4 Å². The maximum Gasteiger partial charge on any atom is 0.681 e. The molecule has 0 aromatic heterocycles. The van der Waals surface area contributed by atoms with E-state index in [1.54, 1.807) is 7.11 Å². The molecule has 306 valence electrons. The van der Waals surface area contributed by atoms with E-state index in [0.717, 1.165) is 33.6 Å². The second-order valence-corrected chi connectivity index (χ2v) is 20.9. The molecule has 1 aliphatic carbocycles. The van der Waals surface area contributed by atoms with Gasteiger partial charge in [-0.2, -0.15) is 0 Å². The first-order valence-electron chi connectivity index (χ1n) is 20.3. The van der Waals surface area contributed by atoms with Crippen LogP contribution in [0.2, 0.25) is 0 Å². The zero-order chi connectivity index (χ0) is 41.9. The highest BCUT2D eigenvalue weighted by Gasteiger charge is 2.54. The van der Waals surface area contributed by atoms with Crippen molar-refractivity contribution >= 4 is 25.9 Å². The first kappa shape index (κ1) is 41.7. The molecule has 7 rings (SSSR count). The Kier molecular flexibility index (Phi) is 10.8. The van der Waals surface area contributed by atoms with Crippen molar-refractivity contribution in [3.63, 3.8) is 0 Å². The van der Waals surface area contributed by atoms with Crippen LogP contribution in [-0.4, -0.2) is 46.2 Å². The lowest BCUT2D eigenvalue weighted by molar-refractivity contribution is -0.135. The van der Waals surface area contributed by atoms with E-state index in [1.165, 1.54) is 33.2 Å². The maximum atomic E-state index is 7.49. The molecule has 1 atom stereocenters. The molecule has 1 aliphatic heterocycles. The van der Waals surface area contributed by atoms with Gasteiger partial charge in [0.25, 0.3) is 0 Å². The fraction of sp³-hybridized carbons (Fsp3) is 0.400. The summed E-state index contributed by atoms with van der Waals surface area (Å²) in [6, 6.07) is 31.8. The Hall–Kier alpha value is -4.44. The van der Waals surface area contributed by atoms with Crippen LogP contribution in [0.5, 0.6) is 17.2 Å². The van der Waals surface area contributed by atoms with Crippen molar-refractivity contribution in [3.05, 3.63) is 130 Å². The lowest BCUT2D eigenvalue weighted by Crippen LogP contribution is -2.59. The van der Waals surface area contributed by atoms with Crippen molar-refractivity contribution in [2.75, 3.05) is 20.3 Å². The van der Waals surface area contributed by atoms with Gasteiger partial charge in [-0.15, -0.1) is 0 Å². The average molecular weight is 801 g/mol. The van der Waals surface area contributed by atoms with Crippen LogP contribution >= 0.6 is 0 Å². The van der Waals surface area contributed by atoms with Crippen molar-refractivity contribution < 1.29 is 31.9 Å². The summed E-state index contributed by atoms with van der Waals surface area (Å²) < 4.78 is 45.2. The quantitative estimate of drug-likeness (QED) is 0.0973. The minimum absolute atomic E-state index is 0.214. The van der Waals surface area contributed by atoms with E-state index in [0.29, 0.717) is 5.75 Å². The van der Waals surface area contributed by atoms with Crippen LogP contribution in [0.4, 0.5) is 0 Å². The fourth-order valence-electron chi connectivity index (χ4n) is 8.26. The van der Waals surface area contributed by atoms with Gasteiger partial charge in [0.15, 0.2) is 5.60 Å². The Labute approximate surface area is 346 Å². The van der Waals surface area contributed by atoms with Gasteiger partial charge >= 0.3 is 9.05 Å². The molecule has 0 fully saturated rings. The zero-order valence-electron chi connectivity index (χ0n) is 36.6. The number of ether oxygens (including phenoxy) is 3. The molecule has 0 saturated heterocycles. The minimum atomic E-state index is -3.62. The van der Waals surface area contributed by atoms with E-state index in [4.69, 9.17) is 31.9 Å². The summed E-state index contributed by atoms with van der Waals surface area (Å²) in [5.74, 6) is 2.36. The van der Waals surface area contributed by atoms with E-state index in [2.05, 4.69) is 99.7 Å². The Morgan fingerprint density at radius 3 is 1.76 bits per heavy atom. The molecule has 0 spiro atoms. The van der Waals surface area contributed by atoms with Gasteiger partial charge in [-0.25, -0.2) is 0 Å². The second kappa shape index (κ2) is 15.0. The summed E-state index contributed by atoms with van der Waals surface area (Å²) >= 11 is 0. The molecular formula is C50H60O7Si. The molecule has 8 heteroatoms. The standard InChI is InChI=1S/C50H60O7Si/c1-33-18-27-40-42(32-33)49(11,12)44-41-28-29-50(34-19-23-36(51-13)24-20-34,54-45(41)39-17-15-14-16-38(39)43(40)44)35-21-25-37(26-22-35)52-30-31-53-58(55-46(2,3)4,56-47(5,6)7)57-48(8,9)10/h14-29,32H,30-31H2,1-13H3. The molecule has 1 unspecified atom stereocenters. The largest absolute Gasteiger partial charge is 0.681 e. The Bertz CT molecular complexity index is 2280. The van der Waals surface area contributed by atoms with Crippen molar-refractivity contribution in [1.29, 1.82) is 0 Å². The van der Waals surface area contributed by atoms with Crippen LogP contribution < -0.4 is 14.2 Å². The van der Waals surface area contributed by atoms with Crippen LogP contribution in [0.15, 0.2) is 97.1 Å². The van der Waals surface area contributed by atoms with E-state index in [-0.39, 0.29) is 18.6 Å². The van der Waals surface area contributed by atoms with Crippen LogP contribution in [-0.2, 0) is 28.7 Å². The van der Waals surface area contributed by atoms with Gasteiger partial charge in [-0.1, -0.05) is 92.2 Å². The average Bonchev–Trinajstić information content (AvgIpc) is 3.37. The summed E-state index contributed by atoms with van der Waals surface area (Å²) in [4.78, 5) is 0. The normalized spacial score (nSPS) is 17.4. The lowest BCUT2D eigenvalue weighted by atomic mass is 9.76. The molecule has 0 N–H and O–H groups in total. The van der Waals surface area contributed by atoms with E-state index < -0.39 is 31.5 Å². The number of fused-ring (bicyclic) bond motifs is 8. The summed E-state index contributed by atoms with van der Waals surface area (Å²) in [7, 11) is -1.94. The van der Waals surface area contributed by atoms with Gasteiger partial charge in [-0.3, -0.25) is 0 Å². The van der Waals surface area contributed by atoms with Crippen molar-refractivity contribution in [1.82, 2.24) is 0 Å². The number of aryl methyl sites for hydroxylation is 1. The smallest absolute Gasteiger partial charge is 0.497 e. The Balaban J connectivity index is 1.22. The Morgan fingerprint density at radius 1 is 0.655 bits per heavy atom. The summed E-state index contributed by atoms with van der Waals surface area (Å²) in [6.07, 6.45) is 4.50. The molecule has 5 aromatic rings. The zero-order valence-corrected chi connectivity index (χ0v) is 37.6. The topological polar surface area (TPSA) is 64.6 Å². The third-order valence-corrected chi connectivity index (χ3v) is 13.6. The molecule has 58 heavy (non-hydrogen) atoms. The molecule has 0 amide bonds. The first-order chi connectivity index (χ1) is 27.1. The van der Waals surface area contributed by atoms with Gasteiger partial charge in [0.1, 0.15) is 23.9 Å². The second-order valence-electron chi connectivity index (χ2n) is 19.0. The molecule has 0 saturated carbocycles.